The van der Waals surface area contributed by atoms with Crippen LogP contribution in [0.3, 0.4) is 0 Å². The molecule has 0 aliphatic heterocycles. The quantitative estimate of drug-likeness (QED) is 0.848. The predicted molar refractivity (Wildman–Crippen MR) is 84.2 cm³/mol. The highest BCUT2D eigenvalue weighted by atomic mass is 16.2. The summed E-state index contributed by atoms with van der Waals surface area (Å²) < 4.78 is 1.43. The van der Waals surface area contributed by atoms with E-state index in [0.717, 1.165) is 0 Å². The molecule has 0 aliphatic rings. The van der Waals surface area contributed by atoms with E-state index in [1.54, 1.807) is 63.4 Å². The Morgan fingerprint density at radius 1 is 1.19 bits per heavy atom. The Kier molecular flexibility index (Phi) is 3.84. The van der Waals surface area contributed by atoms with Gasteiger partial charge in [-0.3, -0.25) is 9.59 Å². The summed E-state index contributed by atoms with van der Waals surface area (Å²) in [6.45, 7) is 5.12. The number of hydrogen-bond acceptors (Lipinski definition) is 3. The molecular formula is C16H19N3O2. The van der Waals surface area contributed by atoms with E-state index in [1.807, 2.05) is 0 Å². The zero-order valence-electron chi connectivity index (χ0n) is 12.4. The molecule has 0 unspecified atom stereocenters. The van der Waals surface area contributed by atoms with Gasteiger partial charge in [0, 0.05) is 11.8 Å². The van der Waals surface area contributed by atoms with Crippen LogP contribution in [0.2, 0.25) is 0 Å². The molecule has 0 radical (unpaired) electrons. The van der Waals surface area contributed by atoms with Crippen molar-refractivity contribution in [2.24, 2.45) is 0 Å². The molecule has 2 aromatic rings. The minimum Gasteiger partial charge on any atom is -0.397 e. The molecule has 1 heterocycles. The fourth-order valence-electron chi connectivity index (χ4n) is 2.04. The molecule has 0 spiro atoms. The van der Waals surface area contributed by atoms with E-state index < -0.39 is 5.54 Å². The van der Waals surface area contributed by atoms with Crippen molar-refractivity contribution >= 4 is 17.3 Å². The molecule has 0 saturated carbocycles. The molecule has 0 saturated heterocycles. The molecule has 0 fully saturated rings. The van der Waals surface area contributed by atoms with Crippen molar-refractivity contribution in [1.82, 2.24) is 4.57 Å². The Morgan fingerprint density at radius 3 is 2.52 bits per heavy atom. The maximum atomic E-state index is 12.5. The first-order chi connectivity index (χ1) is 9.84. The van der Waals surface area contributed by atoms with Crippen LogP contribution in [0.15, 0.2) is 47.4 Å². The van der Waals surface area contributed by atoms with E-state index in [1.165, 1.54) is 4.57 Å². The van der Waals surface area contributed by atoms with Crippen LogP contribution in [0.5, 0.6) is 0 Å². The summed E-state index contributed by atoms with van der Waals surface area (Å²) in [6, 6.07) is 10.5. The highest BCUT2D eigenvalue weighted by Crippen LogP contribution is 2.21. The summed E-state index contributed by atoms with van der Waals surface area (Å²) in [5, 5.41) is 2.77. The minimum absolute atomic E-state index is 0.182. The largest absolute Gasteiger partial charge is 0.397 e. The lowest BCUT2D eigenvalue weighted by atomic mass is 10.0. The van der Waals surface area contributed by atoms with Gasteiger partial charge in [-0.2, -0.15) is 0 Å². The van der Waals surface area contributed by atoms with Gasteiger partial charge in [0.15, 0.2) is 0 Å². The molecule has 1 aromatic carbocycles. The van der Waals surface area contributed by atoms with E-state index in [2.05, 4.69) is 5.32 Å². The number of anilines is 2. The number of rotatable bonds is 3. The van der Waals surface area contributed by atoms with Crippen molar-refractivity contribution in [2.45, 2.75) is 26.3 Å². The summed E-state index contributed by atoms with van der Waals surface area (Å²) in [4.78, 5) is 24.7. The lowest BCUT2D eigenvalue weighted by Gasteiger charge is -2.27. The molecule has 2 rings (SSSR count). The number of aromatic nitrogens is 1. The van der Waals surface area contributed by atoms with Crippen LogP contribution >= 0.6 is 0 Å². The van der Waals surface area contributed by atoms with Crippen LogP contribution in [0, 0.1) is 6.92 Å². The lowest BCUT2D eigenvalue weighted by molar-refractivity contribution is -0.123. The van der Waals surface area contributed by atoms with Gasteiger partial charge >= 0.3 is 0 Å². The van der Waals surface area contributed by atoms with Gasteiger partial charge in [-0.05, 0) is 39.0 Å². The Labute approximate surface area is 123 Å². The van der Waals surface area contributed by atoms with Gasteiger partial charge in [-0.25, -0.2) is 0 Å². The second-order valence-corrected chi connectivity index (χ2v) is 5.47. The van der Waals surface area contributed by atoms with Gasteiger partial charge in [0.05, 0.1) is 11.4 Å². The second-order valence-electron chi connectivity index (χ2n) is 5.47. The van der Waals surface area contributed by atoms with Gasteiger partial charge < -0.3 is 15.6 Å². The van der Waals surface area contributed by atoms with Crippen molar-refractivity contribution in [1.29, 1.82) is 0 Å². The molecular weight excluding hydrogens is 266 g/mol. The van der Waals surface area contributed by atoms with Gasteiger partial charge in [-0.1, -0.05) is 18.2 Å². The maximum Gasteiger partial charge on any atom is 0.254 e. The SMILES string of the molecule is Cc1cccn(C(C)(C)C(=O)Nc2ccccc2N)c1=O. The Hall–Kier alpha value is -2.56. The zero-order chi connectivity index (χ0) is 15.6. The van der Waals surface area contributed by atoms with Crippen LogP contribution in [0.25, 0.3) is 0 Å². The van der Waals surface area contributed by atoms with Gasteiger partial charge in [0.25, 0.3) is 5.56 Å². The number of hydrogen-bond donors (Lipinski definition) is 2. The number of carbonyl (C=O) groups is 1. The number of nitrogens with zero attached hydrogens (tertiary/aromatic N) is 1. The summed E-state index contributed by atoms with van der Waals surface area (Å²) in [5.41, 5.74) is 6.24. The standard InChI is InChI=1S/C16H19N3O2/c1-11-7-6-10-19(14(11)20)16(2,3)15(21)18-13-9-5-4-8-12(13)17/h4-10H,17H2,1-3H3,(H,18,21). The number of para-hydroxylation sites is 2. The summed E-state index contributed by atoms with van der Waals surface area (Å²) >= 11 is 0. The van der Waals surface area contributed by atoms with Crippen molar-refractivity contribution in [3.63, 3.8) is 0 Å². The number of nitrogens with two attached hydrogens (primary N) is 1. The fraction of sp³-hybridized carbons (Fsp3) is 0.250. The predicted octanol–water partition coefficient (Wildman–Crippen LogP) is 2.11. The van der Waals surface area contributed by atoms with Crippen LogP contribution in [-0.2, 0) is 10.3 Å². The van der Waals surface area contributed by atoms with Crippen molar-refractivity contribution in [3.05, 3.63) is 58.5 Å². The van der Waals surface area contributed by atoms with Crippen LogP contribution in [0.4, 0.5) is 11.4 Å². The Morgan fingerprint density at radius 2 is 1.86 bits per heavy atom. The number of carbonyl (C=O) groups excluding carboxylic acids is 1. The average molecular weight is 285 g/mol. The average Bonchev–Trinajstić information content (AvgIpc) is 2.44. The number of benzene rings is 1. The molecule has 5 nitrogen and oxygen atoms in total. The van der Waals surface area contributed by atoms with E-state index in [0.29, 0.717) is 16.9 Å². The van der Waals surface area contributed by atoms with Gasteiger partial charge in [-0.15, -0.1) is 0 Å². The summed E-state index contributed by atoms with van der Waals surface area (Å²) in [6.07, 6.45) is 1.61. The van der Waals surface area contributed by atoms with E-state index in [9.17, 15) is 9.59 Å². The van der Waals surface area contributed by atoms with E-state index >= 15 is 0 Å². The number of nitrogen functional groups attached to an aromatic ring is 1. The Bertz CT molecular complexity index is 732. The molecule has 0 atom stereocenters. The normalized spacial score (nSPS) is 11.2. The minimum atomic E-state index is -1.02. The molecule has 5 heteroatoms. The highest BCUT2D eigenvalue weighted by Gasteiger charge is 2.31. The fourth-order valence-corrected chi connectivity index (χ4v) is 2.04. The number of nitrogens with one attached hydrogen (secondary N) is 1. The van der Waals surface area contributed by atoms with Crippen LogP contribution < -0.4 is 16.6 Å². The zero-order valence-corrected chi connectivity index (χ0v) is 12.4. The highest BCUT2D eigenvalue weighted by molar-refractivity contribution is 5.98. The lowest BCUT2D eigenvalue weighted by Crippen LogP contribution is -2.46. The third-order valence-electron chi connectivity index (χ3n) is 3.50. The van der Waals surface area contributed by atoms with E-state index in [-0.39, 0.29) is 11.5 Å². The van der Waals surface area contributed by atoms with Crippen LogP contribution in [-0.4, -0.2) is 10.5 Å². The van der Waals surface area contributed by atoms with E-state index in [4.69, 9.17) is 5.73 Å². The third-order valence-corrected chi connectivity index (χ3v) is 3.50. The summed E-state index contributed by atoms with van der Waals surface area (Å²) in [5.74, 6) is -0.298. The van der Waals surface area contributed by atoms with Crippen LogP contribution in [0.1, 0.15) is 19.4 Å². The van der Waals surface area contributed by atoms with Gasteiger partial charge in [0.1, 0.15) is 5.54 Å². The van der Waals surface area contributed by atoms with Gasteiger partial charge in [0.2, 0.25) is 5.91 Å². The monoisotopic (exact) mass is 285 g/mol. The number of amides is 1. The van der Waals surface area contributed by atoms with Crippen molar-refractivity contribution < 1.29 is 4.79 Å². The molecule has 0 bridgehead atoms. The van der Waals surface area contributed by atoms with Crippen molar-refractivity contribution in [2.75, 3.05) is 11.1 Å². The van der Waals surface area contributed by atoms with Crippen molar-refractivity contribution in [3.8, 4) is 0 Å². The molecule has 110 valence electrons. The molecule has 1 aromatic heterocycles. The smallest absolute Gasteiger partial charge is 0.254 e. The first kappa shape index (κ1) is 14.8. The first-order valence-electron chi connectivity index (χ1n) is 6.69. The maximum absolute atomic E-state index is 12.5. The number of aryl methyl sites for hydroxylation is 1. The molecule has 21 heavy (non-hydrogen) atoms. The third kappa shape index (κ3) is 2.81. The molecule has 3 N–H and O–H groups in total. The Balaban J connectivity index is 2.35. The molecule has 0 aliphatic carbocycles. The summed E-state index contributed by atoms with van der Waals surface area (Å²) in [7, 11) is 0. The second kappa shape index (κ2) is 5.44. The molecule has 1 amide bonds. The topological polar surface area (TPSA) is 77.1 Å². The first-order valence-corrected chi connectivity index (χ1v) is 6.69. The number of pyridine rings is 1.